The van der Waals surface area contributed by atoms with E-state index in [9.17, 15) is 9.36 Å². The average molecular weight is 473 g/mol. The predicted octanol–water partition coefficient (Wildman–Crippen LogP) is 6.79. The summed E-state index contributed by atoms with van der Waals surface area (Å²) in [5, 5.41) is 4.89. The molecule has 1 amide bonds. The molecular weight excluding hydrogens is 443 g/mol. The number of anilines is 2. The molecule has 0 unspecified atom stereocenters. The second kappa shape index (κ2) is 10.5. The van der Waals surface area contributed by atoms with Gasteiger partial charge in [0, 0.05) is 10.4 Å². The number of amides is 1. The van der Waals surface area contributed by atoms with E-state index in [1.54, 1.807) is 41.7 Å². The molecule has 0 spiro atoms. The minimum Gasteiger partial charge on any atom is -0.397 e. The third-order valence-electron chi connectivity index (χ3n) is 4.44. The van der Waals surface area contributed by atoms with E-state index in [0.717, 1.165) is 16.0 Å². The van der Waals surface area contributed by atoms with Crippen molar-refractivity contribution in [3.63, 3.8) is 0 Å². The summed E-state index contributed by atoms with van der Waals surface area (Å²) >= 11 is 1.62. The lowest BCUT2D eigenvalue weighted by molar-refractivity contribution is 0.102. The molecule has 0 saturated carbocycles. The number of hydrogen-bond donors (Lipinski definition) is 2. The zero-order chi connectivity index (χ0) is 23.3. The Morgan fingerprint density at radius 1 is 1.03 bits per heavy atom. The smallest absolute Gasteiger partial charge is 0.335 e. The van der Waals surface area contributed by atoms with Crippen LogP contribution in [0.2, 0.25) is 0 Å². The summed E-state index contributed by atoms with van der Waals surface area (Å²) in [6, 6.07) is 16.5. The lowest BCUT2D eigenvalue weighted by atomic mass is 10.1. The summed E-state index contributed by atoms with van der Waals surface area (Å²) in [6.45, 7) is 7.29. The lowest BCUT2D eigenvalue weighted by Gasteiger charge is -2.23. The van der Waals surface area contributed by atoms with Crippen LogP contribution in [0.5, 0.6) is 0 Å². The maximum absolute atomic E-state index is 13.1. The van der Waals surface area contributed by atoms with Crippen LogP contribution < -0.4 is 11.1 Å². The fraction of sp³-hybridized carbons (Fsp3) is 0.292. The summed E-state index contributed by atoms with van der Waals surface area (Å²) < 4.78 is 24.3. The van der Waals surface area contributed by atoms with E-state index in [-0.39, 0.29) is 24.3 Å². The molecule has 0 bridgehead atoms. The second-order valence-electron chi connectivity index (χ2n) is 8.01. The molecule has 0 aliphatic heterocycles. The molecule has 8 heteroatoms. The molecule has 0 fully saturated rings. The number of nitrogens with one attached hydrogen (secondary N) is 1. The fourth-order valence-electron chi connectivity index (χ4n) is 3.18. The van der Waals surface area contributed by atoms with Gasteiger partial charge >= 0.3 is 7.60 Å². The average Bonchev–Trinajstić information content (AvgIpc) is 3.23. The Balaban J connectivity index is 1.73. The SMILES string of the molecule is CC(C)OP(=O)(Cc1ccc(C(=O)Nc2cc(-c3cccs3)ccc2N)cc1)OC(C)C. The van der Waals surface area contributed by atoms with Crippen LogP contribution in [0.25, 0.3) is 10.4 Å². The number of carbonyl (C=O) groups is 1. The molecule has 1 aromatic heterocycles. The van der Waals surface area contributed by atoms with Crippen molar-refractivity contribution in [2.75, 3.05) is 11.1 Å². The van der Waals surface area contributed by atoms with Crippen molar-refractivity contribution < 1.29 is 18.4 Å². The van der Waals surface area contributed by atoms with Gasteiger partial charge in [0.05, 0.1) is 29.7 Å². The minimum atomic E-state index is -3.30. The summed E-state index contributed by atoms with van der Waals surface area (Å²) in [5.41, 5.74) is 9.36. The zero-order valence-corrected chi connectivity index (χ0v) is 20.4. The van der Waals surface area contributed by atoms with Crippen LogP contribution in [0.3, 0.4) is 0 Å². The van der Waals surface area contributed by atoms with Crippen molar-refractivity contribution in [1.29, 1.82) is 0 Å². The van der Waals surface area contributed by atoms with Crippen molar-refractivity contribution in [3.05, 3.63) is 71.1 Å². The number of rotatable bonds is 9. The van der Waals surface area contributed by atoms with Crippen LogP contribution in [0.1, 0.15) is 43.6 Å². The van der Waals surface area contributed by atoms with Crippen LogP contribution in [0, 0.1) is 0 Å². The quantitative estimate of drug-likeness (QED) is 0.264. The van der Waals surface area contributed by atoms with Gasteiger partial charge in [-0.3, -0.25) is 9.36 Å². The highest BCUT2D eigenvalue weighted by atomic mass is 32.1. The summed E-state index contributed by atoms with van der Waals surface area (Å²) in [4.78, 5) is 13.9. The van der Waals surface area contributed by atoms with Gasteiger partial charge in [-0.15, -0.1) is 11.3 Å². The first-order chi connectivity index (χ1) is 15.1. The summed E-state index contributed by atoms with van der Waals surface area (Å²) in [6.07, 6.45) is -0.304. The Morgan fingerprint density at radius 2 is 1.69 bits per heavy atom. The van der Waals surface area contributed by atoms with Crippen molar-refractivity contribution in [2.45, 2.75) is 46.1 Å². The summed E-state index contributed by atoms with van der Waals surface area (Å²) in [5.74, 6) is -0.272. The number of thiophene rings is 1. The molecule has 1 heterocycles. The Labute approximate surface area is 193 Å². The van der Waals surface area contributed by atoms with Crippen molar-refractivity contribution in [3.8, 4) is 10.4 Å². The molecule has 0 saturated heterocycles. The monoisotopic (exact) mass is 472 g/mol. The maximum Gasteiger partial charge on any atom is 0.335 e. The number of carbonyl (C=O) groups excluding carboxylic acids is 1. The Morgan fingerprint density at radius 3 is 2.25 bits per heavy atom. The van der Waals surface area contributed by atoms with Gasteiger partial charge in [-0.2, -0.15) is 0 Å². The Hall–Kier alpha value is -2.44. The predicted molar refractivity (Wildman–Crippen MR) is 132 cm³/mol. The molecule has 3 rings (SSSR count). The molecular formula is C24H29N2O4PS. The van der Waals surface area contributed by atoms with Crippen LogP contribution in [0.4, 0.5) is 11.4 Å². The first kappa shape index (κ1) is 24.2. The Kier molecular flexibility index (Phi) is 7.91. The first-order valence-corrected chi connectivity index (χ1v) is 13.1. The highest BCUT2D eigenvalue weighted by molar-refractivity contribution is 7.53. The van der Waals surface area contributed by atoms with Crippen molar-refractivity contribution >= 4 is 36.2 Å². The molecule has 0 atom stereocenters. The fourth-order valence-corrected chi connectivity index (χ4v) is 6.05. The normalized spacial score (nSPS) is 11.8. The largest absolute Gasteiger partial charge is 0.397 e. The van der Waals surface area contributed by atoms with Crippen LogP contribution >= 0.6 is 18.9 Å². The van der Waals surface area contributed by atoms with Gasteiger partial charge in [0.1, 0.15) is 0 Å². The van der Waals surface area contributed by atoms with Crippen LogP contribution in [-0.2, 0) is 19.8 Å². The highest BCUT2D eigenvalue weighted by Crippen LogP contribution is 2.53. The number of hydrogen-bond acceptors (Lipinski definition) is 6. The minimum absolute atomic E-state index is 0.140. The topological polar surface area (TPSA) is 90.7 Å². The molecule has 0 aliphatic rings. The van der Waals surface area contributed by atoms with Crippen molar-refractivity contribution in [1.82, 2.24) is 0 Å². The molecule has 0 radical (unpaired) electrons. The highest BCUT2D eigenvalue weighted by Gasteiger charge is 2.28. The number of nitrogens with two attached hydrogens (primary N) is 1. The van der Waals surface area contributed by atoms with Gasteiger partial charge in [0.2, 0.25) is 0 Å². The van der Waals surface area contributed by atoms with Gasteiger partial charge in [0.25, 0.3) is 5.91 Å². The zero-order valence-electron chi connectivity index (χ0n) is 18.7. The third-order valence-corrected chi connectivity index (χ3v) is 7.60. The van der Waals surface area contributed by atoms with E-state index in [1.165, 1.54) is 0 Å². The molecule has 3 aromatic rings. The van der Waals surface area contributed by atoms with E-state index in [2.05, 4.69) is 5.32 Å². The van der Waals surface area contributed by atoms with Gasteiger partial charge in [0.15, 0.2) is 0 Å². The van der Waals surface area contributed by atoms with Crippen LogP contribution in [-0.4, -0.2) is 18.1 Å². The Bertz CT molecular complexity index is 1080. The van der Waals surface area contributed by atoms with E-state index in [0.29, 0.717) is 16.9 Å². The third kappa shape index (κ3) is 6.53. The van der Waals surface area contributed by atoms with Gasteiger partial charge < -0.3 is 20.1 Å². The maximum atomic E-state index is 13.1. The van der Waals surface area contributed by atoms with Crippen LogP contribution in [0.15, 0.2) is 60.0 Å². The van der Waals surface area contributed by atoms with Crippen molar-refractivity contribution in [2.24, 2.45) is 0 Å². The van der Waals surface area contributed by atoms with Gasteiger partial charge in [-0.05, 0) is 74.5 Å². The lowest BCUT2D eigenvalue weighted by Crippen LogP contribution is -2.13. The van der Waals surface area contributed by atoms with Gasteiger partial charge in [-0.25, -0.2) is 0 Å². The molecule has 32 heavy (non-hydrogen) atoms. The van der Waals surface area contributed by atoms with E-state index in [1.807, 2.05) is 57.3 Å². The first-order valence-electron chi connectivity index (χ1n) is 10.4. The number of benzene rings is 2. The van der Waals surface area contributed by atoms with E-state index in [4.69, 9.17) is 14.8 Å². The molecule has 0 aliphatic carbocycles. The van der Waals surface area contributed by atoms with E-state index < -0.39 is 7.60 Å². The second-order valence-corrected chi connectivity index (χ2v) is 10.9. The molecule has 170 valence electrons. The van der Waals surface area contributed by atoms with E-state index >= 15 is 0 Å². The standard InChI is InChI=1S/C24H29N2O4PS/c1-16(2)29-31(28,30-17(3)4)15-18-7-9-19(10-8-18)24(27)26-22-14-20(11-12-21(22)25)23-6-5-13-32-23/h5-14,16-17H,15,25H2,1-4H3,(H,26,27). The molecule has 6 nitrogen and oxygen atoms in total. The molecule has 2 aromatic carbocycles. The number of nitrogen functional groups attached to an aromatic ring is 1. The van der Waals surface area contributed by atoms with Gasteiger partial charge in [-0.1, -0.05) is 24.3 Å². The molecule has 3 N–H and O–H groups in total. The summed E-state index contributed by atoms with van der Waals surface area (Å²) in [7, 11) is -3.30.